The zero-order valence-corrected chi connectivity index (χ0v) is 9.89. The SMILES string of the molecule is Nc1c(Cl)cnn1C1COCc2ccccc21. The van der Waals surface area contributed by atoms with Crippen LogP contribution in [0.5, 0.6) is 0 Å². The first-order chi connectivity index (χ1) is 8.27. The van der Waals surface area contributed by atoms with Gasteiger partial charge in [-0.25, -0.2) is 4.68 Å². The lowest BCUT2D eigenvalue weighted by Crippen LogP contribution is -2.24. The Morgan fingerprint density at radius 2 is 2.24 bits per heavy atom. The molecule has 1 aromatic heterocycles. The Bertz CT molecular complexity index is 552. The summed E-state index contributed by atoms with van der Waals surface area (Å²) in [5.74, 6) is 0.483. The molecule has 0 amide bonds. The van der Waals surface area contributed by atoms with E-state index in [4.69, 9.17) is 22.1 Å². The molecule has 0 fully saturated rings. The molecule has 1 atom stereocenters. The lowest BCUT2D eigenvalue weighted by atomic mass is 9.99. The Kier molecular flexibility index (Phi) is 2.53. The van der Waals surface area contributed by atoms with Crippen LogP contribution in [0.25, 0.3) is 0 Å². The molecule has 2 heterocycles. The predicted octanol–water partition coefficient (Wildman–Crippen LogP) is 2.24. The monoisotopic (exact) mass is 249 g/mol. The lowest BCUT2D eigenvalue weighted by molar-refractivity contribution is 0.0810. The first-order valence-electron chi connectivity index (χ1n) is 5.41. The normalized spacial score (nSPS) is 19.0. The molecule has 0 aliphatic carbocycles. The Labute approximate surface area is 104 Å². The van der Waals surface area contributed by atoms with Crippen molar-refractivity contribution in [2.75, 3.05) is 12.3 Å². The summed E-state index contributed by atoms with van der Waals surface area (Å²) < 4.78 is 7.29. The molecule has 1 aliphatic rings. The van der Waals surface area contributed by atoms with Gasteiger partial charge in [0.05, 0.1) is 19.4 Å². The van der Waals surface area contributed by atoms with Crippen LogP contribution in [0.1, 0.15) is 17.2 Å². The third-order valence-corrected chi connectivity index (χ3v) is 3.32. The number of halogens is 1. The molecule has 0 bridgehead atoms. The molecular formula is C12H12ClN3O. The van der Waals surface area contributed by atoms with Crippen LogP contribution in [0.4, 0.5) is 5.82 Å². The number of nitrogens with zero attached hydrogens (tertiary/aromatic N) is 2. The molecule has 0 saturated heterocycles. The van der Waals surface area contributed by atoms with E-state index in [0.29, 0.717) is 24.1 Å². The molecule has 4 nitrogen and oxygen atoms in total. The molecule has 0 spiro atoms. The Hall–Kier alpha value is -1.52. The Balaban J connectivity index is 2.09. The highest BCUT2D eigenvalue weighted by molar-refractivity contribution is 6.32. The van der Waals surface area contributed by atoms with Crippen molar-refractivity contribution in [3.63, 3.8) is 0 Å². The highest BCUT2D eigenvalue weighted by Crippen LogP contribution is 2.31. The van der Waals surface area contributed by atoms with Gasteiger partial charge in [-0.1, -0.05) is 35.9 Å². The minimum Gasteiger partial charge on any atom is -0.383 e. The van der Waals surface area contributed by atoms with Crippen molar-refractivity contribution in [1.29, 1.82) is 0 Å². The van der Waals surface area contributed by atoms with Gasteiger partial charge in [-0.05, 0) is 11.1 Å². The van der Waals surface area contributed by atoms with Gasteiger partial charge in [0.1, 0.15) is 16.9 Å². The fourth-order valence-corrected chi connectivity index (χ4v) is 2.29. The van der Waals surface area contributed by atoms with Crippen LogP contribution in [0.3, 0.4) is 0 Å². The predicted molar refractivity (Wildman–Crippen MR) is 65.9 cm³/mol. The van der Waals surface area contributed by atoms with Crippen LogP contribution in [0, 0.1) is 0 Å². The van der Waals surface area contributed by atoms with Gasteiger partial charge in [-0.2, -0.15) is 5.10 Å². The first kappa shape index (κ1) is 10.6. The summed E-state index contributed by atoms with van der Waals surface area (Å²) in [4.78, 5) is 0. The third kappa shape index (κ3) is 1.69. The standard InChI is InChI=1S/C12H12ClN3O/c13-10-5-15-16(12(10)14)11-7-17-6-8-3-1-2-4-9(8)11/h1-5,11H,6-7,14H2. The number of nitrogen functional groups attached to an aromatic ring is 1. The maximum Gasteiger partial charge on any atom is 0.141 e. The van der Waals surface area contributed by atoms with E-state index in [1.54, 1.807) is 10.9 Å². The molecule has 1 aromatic carbocycles. The molecule has 5 heteroatoms. The van der Waals surface area contributed by atoms with E-state index in [0.717, 1.165) is 0 Å². The molecule has 3 rings (SSSR count). The minimum absolute atomic E-state index is 0.00690. The van der Waals surface area contributed by atoms with Gasteiger partial charge >= 0.3 is 0 Å². The Morgan fingerprint density at radius 3 is 3.00 bits per heavy atom. The van der Waals surface area contributed by atoms with Crippen molar-refractivity contribution >= 4 is 17.4 Å². The highest BCUT2D eigenvalue weighted by Gasteiger charge is 2.24. The van der Waals surface area contributed by atoms with Gasteiger partial charge in [-0.15, -0.1) is 0 Å². The summed E-state index contributed by atoms with van der Waals surface area (Å²) in [6.45, 7) is 1.21. The van der Waals surface area contributed by atoms with Gasteiger partial charge in [-0.3, -0.25) is 0 Å². The van der Waals surface area contributed by atoms with E-state index >= 15 is 0 Å². The van der Waals surface area contributed by atoms with Crippen molar-refractivity contribution in [1.82, 2.24) is 9.78 Å². The largest absolute Gasteiger partial charge is 0.383 e. The lowest BCUT2D eigenvalue weighted by Gasteiger charge is -2.26. The minimum atomic E-state index is 0.00690. The number of hydrogen-bond donors (Lipinski definition) is 1. The van der Waals surface area contributed by atoms with E-state index in [2.05, 4.69) is 17.2 Å². The number of nitrogens with two attached hydrogens (primary N) is 1. The van der Waals surface area contributed by atoms with E-state index in [1.807, 2.05) is 12.1 Å². The number of anilines is 1. The van der Waals surface area contributed by atoms with Crippen LogP contribution in [-0.4, -0.2) is 16.4 Å². The van der Waals surface area contributed by atoms with Crippen LogP contribution in [0.2, 0.25) is 5.02 Å². The number of ether oxygens (including phenoxy) is 1. The van der Waals surface area contributed by atoms with Gasteiger partial charge in [0.15, 0.2) is 0 Å². The molecular weight excluding hydrogens is 238 g/mol. The van der Waals surface area contributed by atoms with Crippen molar-refractivity contribution < 1.29 is 4.74 Å². The van der Waals surface area contributed by atoms with Gasteiger partial charge in [0, 0.05) is 0 Å². The van der Waals surface area contributed by atoms with Crippen molar-refractivity contribution in [2.45, 2.75) is 12.6 Å². The summed E-state index contributed by atoms with van der Waals surface area (Å²) >= 11 is 5.93. The van der Waals surface area contributed by atoms with Crippen LogP contribution in [-0.2, 0) is 11.3 Å². The second kappa shape index (κ2) is 4.05. The molecule has 17 heavy (non-hydrogen) atoms. The van der Waals surface area contributed by atoms with Crippen LogP contribution < -0.4 is 5.73 Å². The number of hydrogen-bond acceptors (Lipinski definition) is 3. The summed E-state index contributed by atoms with van der Waals surface area (Å²) in [7, 11) is 0. The number of aromatic nitrogens is 2. The highest BCUT2D eigenvalue weighted by atomic mass is 35.5. The number of fused-ring (bicyclic) bond motifs is 1. The average molecular weight is 250 g/mol. The topological polar surface area (TPSA) is 53.1 Å². The summed E-state index contributed by atoms with van der Waals surface area (Å²) in [5.41, 5.74) is 8.28. The maximum atomic E-state index is 5.93. The molecule has 0 radical (unpaired) electrons. The van der Waals surface area contributed by atoms with Gasteiger partial charge < -0.3 is 10.5 Å². The van der Waals surface area contributed by atoms with Crippen molar-refractivity contribution in [3.8, 4) is 0 Å². The molecule has 0 saturated carbocycles. The quantitative estimate of drug-likeness (QED) is 0.843. The fraction of sp³-hybridized carbons (Fsp3) is 0.250. The smallest absolute Gasteiger partial charge is 0.141 e. The van der Waals surface area contributed by atoms with E-state index < -0.39 is 0 Å². The maximum absolute atomic E-state index is 5.93. The van der Waals surface area contributed by atoms with E-state index in [-0.39, 0.29) is 6.04 Å². The molecule has 2 N–H and O–H groups in total. The summed E-state index contributed by atoms with van der Waals surface area (Å²) in [6.07, 6.45) is 1.56. The van der Waals surface area contributed by atoms with E-state index in [1.165, 1.54) is 11.1 Å². The fourth-order valence-electron chi connectivity index (χ4n) is 2.16. The number of rotatable bonds is 1. The van der Waals surface area contributed by atoms with Crippen LogP contribution >= 0.6 is 11.6 Å². The average Bonchev–Trinajstić information content (AvgIpc) is 2.69. The number of benzene rings is 1. The Morgan fingerprint density at radius 1 is 1.41 bits per heavy atom. The van der Waals surface area contributed by atoms with Gasteiger partial charge in [0.25, 0.3) is 0 Å². The zero-order chi connectivity index (χ0) is 11.8. The van der Waals surface area contributed by atoms with Crippen molar-refractivity contribution in [2.24, 2.45) is 0 Å². The van der Waals surface area contributed by atoms with Crippen molar-refractivity contribution in [3.05, 3.63) is 46.6 Å². The zero-order valence-electron chi connectivity index (χ0n) is 9.14. The molecule has 1 unspecified atom stereocenters. The first-order valence-corrected chi connectivity index (χ1v) is 5.79. The second-order valence-corrected chi connectivity index (χ2v) is 4.46. The summed E-state index contributed by atoms with van der Waals surface area (Å²) in [6, 6.07) is 8.16. The second-order valence-electron chi connectivity index (χ2n) is 4.05. The van der Waals surface area contributed by atoms with E-state index in [9.17, 15) is 0 Å². The van der Waals surface area contributed by atoms with Gasteiger partial charge in [0.2, 0.25) is 0 Å². The third-order valence-electron chi connectivity index (χ3n) is 3.03. The summed E-state index contributed by atoms with van der Waals surface area (Å²) in [5, 5.41) is 4.70. The molecule has 2 aromatic rings. The van der Waals surface area contributed by atoms with Crippen LogP contribution in [0.15, 0.2) is 30.5 Å². The molecule has 88 valence electrons. The molecule has 1 aliphatic heterocycles.